The van der Waals surface area contributed by atoms with E-state index in [4.69, 9.17) is 15.5 Å². The summed E-state index contributed by atoms with van der Waals surface area (Å²) in [4.78, 5) is 0. The highest BCUT2D eigenvalue weighted by atomic mass is 31.1. The number of rotatable bonds is 8. The average Bonchev–Trinajstić information content (AvgIpc) is 2.18. The van der Waals surface area contributed by atoms with Gasteiger partial charge in [-0.2, -0.15) is 5.26 Å². The monoisotopic (exact) mass is 217 g/mol. The average molecular weight is 217 g/mol. The normalized spacial score (nSPS) is 13.4. The predicted molar refractivity (Wildman–Crippen MR) is 56.2 cm³/mol. The topological polar surface area (TPSA) is 76.1 Å². The quantitative estimate of drug-likeness (QED) is 0.499. The van der Waals surface area contributed by atoms with E-state index in [2.05, 4.69) is 6.92 Å². The fraction of sp³-hybridized carbons (Fsp3) is 0.889. The fourth-order valence-corrected chi connectivity index (χ4v) is 1.78. The van der Waals surface area contributed by atoms with Gasteiger partial charge in [-0.3, -0.25) is 0 Å². The third-order valence-corrected chi connectivity index (χ3v) is 2.91. The van der Waals surface area contributed by atoms with E-state index in [0.29, 0.717) is 25.6 Å². The van der Waals surface area contributed by atoms with Gasteiger partial charge in [0, 0.05) is 0 Å². The molecule has 0 amide bonds. The van der Waals surface area contributed by atoms with Crippen molar-refractivity contribution >= 4 is 8.03 Å². The Labute approximate surface area is 86.3 Å². The minimum absolute atomic E-state index is 0.436. The maximum absolute atomic E-state index is 11.2. The first kappa shape index (κ1) is 13.5. The summed E-state index contributed by atoms with van der Waals surface area (Å²) in [5.41, 5.74) is 5.38. The first-order valence-electron chi connectivity index (χ1n) is 4.93. The SMILES string of the molecule is CCCCO[P+](=O)CCCC(N)C#N. The molecule has 0 radical (unpaired) electrons. The van der Waals surface area contributed by atoms with E-state index >= 15 is 0 Å². The number of unbranched alkanes of at least 4 members (excludes halogenated alkanes) is 1. The molecule has 0 aromatic heterocycles. The highest BCUT2D eigenvalue weighted by Crippen LogP contribution is 2.24. The van der Waals surface area contributed by atoms with Gasteiger partial charge in [-0.05, 0) is 23.8 Å². The molecule has 4 nitrogen and oxygen atoms in total. The van der Waals surface area contributed by atoms with Crippen molar-refractivity contribution in [1.82, 2.24) is 0 Å². The molecule has 0 aliphatic carbocycles. The van der Waals surface area contributed by atoms with Gasteiger partial charge in [0.05, 0.1) is 12.1 Å². The Kier molecular flexibility index (Phi) is 8.76. The number of hydrogen-bond acceptors (Lipinski definition) is 4. The van der Waals surface area contributed by atoms with E-state index in [1.54, 1.807) is 0 Å². The Balaban J connectivity index is 3.32. The van der Waals surface area contributed by atoms with Crippen LogP contribution in [0.2, 0.25) is 0 Å². The summed E-state index contributed by atoms with van der Waals surface area (Å²) < 4.78 is 16.3. The Morgan fingerprint density at radius 3 is 2.86 bits per heavy atom. The number of hydrogen-bond donors (Lipinski definition) is 1. The van der Waals surface area contributed by atoms with Gasteiger partial charge in [0.15, 0.2) is 6.16 Å². The molecule has 0 spiro atoms. The first-order chi connectivity index (χ1) is 6.70. The molecular formula is C9H18N2O2P+. The van der Waals surface area contributed by atoms with Gasteiger partial charge in [0.2, 0.25) is 0 Å². The third-order valence-electron chi connectivity index (χ3n) is 1.75. The second-order valence-corrected chi connectivity index (χ2v) is 4.49. The lowest BCUT2D eigenvalue weighted by molar-refractivity contribution is 0.320. The lowest BCUT2D eigenvalue weighted by Gasteiger charge is -1.96. The Morgan fingerprint density at radius 1 is 1.57 bits per heavy atom. The standard InChI is InChI=1S/C9H18N2O2P/c1-2-3-6-13-14(12)7-4-5-9(11)8-10/h9H,2-7,11H2,1H3/q+1. The van der Waals surface area contributed by atoms with Crippen molar-refractivity contribution in [3.63, 3.8) is 0 Å². The van der Waals surface area contributed by atoms with Crippen LogP contribution in [0.3, 0.4) is 0 Å². The van der Waals surface area contributed by atoms with Crippen molar-refractivity contribution < 1.29 is 9.09 Å². The molecule has 80 valence electrons. The minimum Gasteiger partial charge on any atom is -0.316 e. The Morgan fingerprint density at radius 2 is 2.29 bits per heavy atom. The van der Waals surface area contributed by atoms with Gasteiger partial charge in [-0.1, -0.05) is 13.3 Å². The zero-order chi connectivity index (χ0) is 10.8. The molecule has 14 heavy (non-hydrogen) atoms. The molecule has 0 aliphatic heterocycles. The lowest BCUT2D eigenvalue weighted by atomic mass is 10.2. The molecule has 5 heteroatoms. The molecule has 0 aliphatic rings. The highest BCUT2D eigenvalue weighted by Gasteiger charge is 2.16. The molecule has 0 saturated carbocycles. The summed E-state index contributed by atoms with van der Waals surface area (Å²) in [5.74, 6) is 0. The third kappa shape index (κ3) is 8.12. The van der Waals surface area contributed by atoms with Gasteiger partial charge in [0.1, 0.15) is 6.61 Å². The number of nitriles is 1. The van der Waals surface area contributed by atoms with Crippen LogP contribution in [-0.2, 0) is 9.09 Å². The smallest absolute Gasteiger partial charge is 0.316 e. The van der Waals surface area contributed by atoms with E-state index in [9.17, 15) is 4.57 Å². The Bertz CT molecular complexity index is 203. The van der Waals surface area contributed by atoms with Gasteiger partial charge < -0.3 is 5.73 Å². The molecule has 0 heterocycles. The van der Waals surface area contributed by atoms with Gasteiger partial charge >= 0.3 is 8.03 Å². The van der Waals surface area contributed by atoms with Crippen LogP contribution in [0, 0.1) is 11.3 Å². The zero-order valence-electron chi connectivity index (χ0n) is 8.61. The molecule has 2 atom stereocenters. The van der Waals surface area contributed by atoms with Crippen LogP contribution in [0.25, 0.3) is 0 Å². The van der Waals surface area contributed by atoms with Crippen LogP contribution in [0.4, 0.5) is 0 Å². The van der Waals surface area contributed by atoms with Crippen LogP contribution in [0.5, 0.6) is 0 Å². The molecule has 0 fully saturated rings. The molecule has 0 aromatic carbocycles. The first-order valence-corrected chi connectivity index (χ1v) is 6.29. The summed E-state index contributed by atoms with van der Waals surface area (Å²) in [6, 6.07) is 1.50. The zero-order valence-corrected chi connectivity index (χ0v) is 9.50. The van der Waals surface area contributed by atoms with Crippen LogP contribution in [0.1, 0.15) is 32.6 Å². The van der Waals surface area contributed by atoms with Gasteiger partial charge in [-0.25, -0.2) is 0 Å². The lowest BCUT2D eigenvalue weighted by Crippen LogP contribution is -2.16. The Hall–Kier alpha value is -0.490. The number of nitrogens with two attached hydrogens (primary N) is 1. The molecule has 2 unspecified atom stereocenters. The van der Waals surface area contributed by atoms with Gasteiger partial charge in [0.25, 0.3) is 0 Å². The summed E-state index contributed by atoms with van der Waals surface area (Å²) in [7, 11) is -1.54. The van der Waals surface area contributed by atoms with Crippen molar-refractivity contribution in [3.05, 3.63) is 0 Å². The van der Waals surface area contributed by atoms with Crippen molar-refractivity contribution in [1.29, 1.82) is 5.26 Å². The maximum atomic E-state index is 11.2. The second kappa shape index (κ2) is 9.08. The fourth-order valence-electron chi connectivity index (χ4n) is 0.880. The van der Waals surface area contributed by atoms with E-state index < -0.39 is 14.1 Å². The summed E-state index contributed by atoms with van der Waals surface area (Å²) in [6.07, 6.45) is 3.78. The molecule has 2 N–H and O–H groups in total. The molecule has 0 bridgehead atoms. The summed E-state index contributed by atoms with van der Waals surface area (Å²) in [6.45, 7) is 2.62. The van der Waals surface area contributed by atoms with Gasteiger partial charge in [-0.15, -0.1) is 4.52 Å². The van der Waals surface area contributed by atoms with Crippen LogP contribution >= 0.6 is 8.03 Å². The number of nitrogens with zero attached hydrogens (tertiary/aromatic N) is 1. The maximum Gasteiger partial charge on any atom is 0.508 e. The van der Waals surface area contributed by atoms with Crippen LogP contribution in [-0.4, -0.2) is 18.8 Å². The molecule has 0 saturated heterocycles. The molecule has 0 rings (SSSR count). The van der Waals surface area contributed by atoms with E-state index in [0.717, 1.165) is 12.8 Å². The molecular weight excluding hydrogens is 199 g/mol. The summed E-state index contributed by atoms with van der Waals surface area (Å²) >= 11 is 0. The van der Waals surface area contributed by atoms with E-state index in [-0.39, 0.29) is 0 Å². The van der Waals surface area contributed by atoms with Crippen LogP contribution < -0.4 is 5.73 Å². The van der Waals surface area contributed by atoms with Crippen molar-refractivity contribution in [3.8, 4) is 6.07 Å². The minimum atomic E-state index is -1.54. The summed E-state index contributed by atoms with van der Waals surface area (Å²) in [5, 5.41) is 8.39. The second-order valence-electron chi connectivity index (χ2n) is 3.12. The molecule has 0 aromatic rings. The highest BCUT2D eigenvalue weighted by molar-refractivity contribution is 7.39. The van der Waals surface area contributed by atoms with Crippen molar-refractivity contribution in [2.75, 3.05) is 12.8 Å². The largest absolute Gasteiger partial charge is 0.508 e. The van der Waals surface area contributed by atoms with Crippen molar-refractivity contribution in [2.45, 2.75) is 38.6 Å². The van der Waals surface area contributed by atoms with Crippen LogP contribution in [0.15, 0.2) is 0 Å². The van der Waals surface area contributed by atoms with E-state index in [1.165, 1.54) is 0 Å². The predicted octanol–water partition coefficient (Wildman–Crippen LogP) is 2.18. The van der Waals surface area contributed by atoms with E-state index in [1.807, 2.05) is 6.07 Å². The van der Waals surface area contributed by atoms with Crippen molar-refractivity contribution in [2.24, 2.45) is 5.73 Å².